The number of carbonyl (C=O) groups excluding carboxylic acids is 4. The second-order valence-corrected chi connectivity index (χ2v) is 21.5. The van der Waals surface area contributed by atoms with E-state index in [1.165, 1.54) is 0 Å². The Balaban J connectivity index is 1.18. The van der Waals surface area contributed by atoms with Gasteiger partial charge < -0.3 is 23.8 Å². The molecule has 2 unspecified atom stereocenters. The van der Waals surface area contributed by atoms with Crippen molar-refractivity contribution in [1.82, 2.24) is 15.2 Å². The molecule has 15 nitrogen and oxygen atoms in total. The zero-order valence-electron chi connectivity index (χ0n) is 39.2. The summed E-state index contributed by atoms with van der Waals surface area (Å²) in [5.41, 5.74) is -6.75. The lowest BCUT2D eigenvalue weighted by atomic mass is 9.80. The molecule has 1 aromatic heterocycles. The van der Waals surface area contributed by atoms with Gasteiger partial charge in [-0.2, -0.15) is 21.6 Å². The summed E-state index contributed by atoms with van der Waals surface area (Å²) in [5.74, 6) is -3.26. The highest BCUT2D eigenvalue weighted by Crippen LogP contribution is 2.44. The van der Waals surface area contributed by atoms with Crippen LogP contribution in [-0.4, -0.2) is 76.2 Å². The van der Waals surface area contributed by atoms with E-state index in [0.29, 0.717) is 27.8 Å². The molecule has 2 aliphatic rings. The number of alkyl halides is 3. The highest BCUT2D eigenvalue weighted by molar-refractivity contribution is 8.00. The standard InChI is InChI=1S/C52H43ClF3N5O10S3/c1-50(2,3)70-49(65)59-48-58-38(43(53)73-48)39(60-71-51(35-23-13-6-14-24-35,36-25-15-7-16-26-36)37-27-17-8-18-28-37)44(62)57-40-45(63)61-41(34(31-72-46(40)61)29-30-68-74(66,67)52(54,55)56)47(64)69-42(32-19-9-4-10-20-32)33-21-11-5-12-22-33/h4-30,40,42,46H,31H2,1-3H3,(H,57,62)(H,58,59,65)/b30-29+,60-39+. The number of nitrogens with zero attached hydrogens (tertiary/aromatic N) is 3. The summed E-state index contributed by atoms with van der Waals surface area (Å²) in [6.45, 7) is 4.99. The van der Waals surface area contributed by atoms with Crippen LogP contribution in [0.3, 0.4) is 0 Å². The van der Waals surface area contributed by atoms with Crippen molar-refractivity contribution in [2.24, 2.45) is 5.16 Å². The third kappa shape index (κ3) is 11.5. The number of aromatic nitrogens is 1. The molecule has 0 spiro atoms. The van der Waals surface area contributed by atoms with Gasteiger partial charge in [0.15, 0.2) is 16.9 Å². The second kappa shape index (κ2) is 21.9. The minimum atomic E-state index is -6.10. The Kier molecular flexibility index (Phi) is 15.7. The molecule has 22 heteroatoms. The molecule has 1 saturated heterocycles. The first-order valence-corrected chi connectivity index (χ1v) is 26.0. The first-order chi connectivity index (χ1) is 35.3. The largest absolute Gasteiger partial charge is 0.534 e. The Hall–Kier alpha value is -7.46. The number of hydrogen-bond acceptors (Lipinski definition) is 14. The van der Waals surface area contributed by atoms with Gasteiger partial charge in [-0.15, -0.1) is 11.8 Å². The topological polar surface area (TPSA) is 192 Å². The third-order valence-electron chi connectivity index (χ3n) is 11.1. The van der Waals surface area contributed by atoms with Gasteiger partial charge in [-0.25, -0.2) is 14.6 Å². The van der Waals surface area contributed by atoms with Gasteiger partial charge in [0.1, 0.15) is 39.0 Å². The maximum Gasteiger partial charge on any atom is 0.534 e. The smallest absolute Gasteiger partial charge is 0.448 e. The number of amides is 3. The molecule has 2 N–H and O–H groups in total. The van der Waals surface area contributed by atoms with Crippen LogP contribution in [0.1, 0.15) is 60.4 Å². The molecule has 6 aromatic rings. The molecule has 0 aliphatic carbocycles. The van der Waals surface area contributed by atoms with Gasteiger partial charge in [0.2, 0.25) is 5.60 Å². The zero-order valence-corrected chi connectivity index (χ0v) is 42.4. The van der Waals surface area contributed by atoms with Crippen LogP contribution in [0.15, 0.2) is 180 Å². The van der Waals surface area contributed by atoms with Crippen molar-refractivity contribution in [2.45, 2.75) is 55.0 Å². The number of thiazole rings is 1. The molecule has 8 rings (SSSR count). The van der Waals surface area contributed by atoms with Crippen LogP contribution < -0.4 is 10.6 Å². The fraction of sp³-hybridized carbons (Fsp3) is 0.192. The summed E-state index contributed by atoms with van der Waals surface area (Å²) in [5, 5.41) is 8.57. The van der Waals surface area contributed by atoms with Crippen LogP contribution >= 0.6 is 34.7 Å². The molecule has 74 heavy (non-hydrogen) atoms. The van der Waals surface area contributed by atoms with Crippen LogP contribution in [0.2, 0.25) is 4.34 Å². The highest BCUT2D eigenvalue weighted by Gasteiger charge is 2.55. The Morgan fingerprint density at radius 1 is 0.811 bits per heavy atom. The maximum atomic E-state index is 14.9. The summed E-state index contributed by atoms with van der Waals surface area (Å²) >= 11 is 8.58. The number of β-lactam (4-membered cyclic amide) rings is 1. The monoisotopic (exact) mass is 1090 g/mol. The maximum absolute atomic E-state index is 14.9. The number of fused-ring (bicyclic) bond motifs is 1. The number of carbonyl (C=O) groups is 4. The van der Waals surface area contributed by atoms with Gasteiger partial charge in [0.05, 0.1) is 0 Å². The second-order valence-electron chi connectivity index (χ2n) is 17.2. The van der Waals surface area contributed by atoms with E-state index in [4.69, 9.17) is 25.9 Å². The van der Waals surface area contributed by atoms with E-state index in [9.17, 15) is 40.8 Å². The molecule has 0 bridgehead atoms. The van der Waals surface area contributed by atoms with Gasteiger partial charge in [0, 0.05) is 22.4 Å². The summed E-state index contributed by atoms with van der Waals surface area (Å²) in [4.78, 5) is 69.0. The molecule has 2 atom stereocenters. The Morgan fingerprint density at radius 2 is 1.31 bits per heavy atom. The van der Waals surface area contributed by atoms with E-state index in [2.05, 4.69) is 25.0 Å². The number of halogens is 4. The molecule has 3 heterocycles. The first kappa shape index (κ1) is 52.9. The predicted octanol–water partition coefficient (Wildman–Crippen LogP) is 10.2. The SMILES string of the molecule is CC(C)(C)OC(=O)Nc1nc(/C(=N\OC(c2ccccc2)(c2ccccc2)c2ccccc2)C(=O)NC2C(=O)N3C(C(=O)OC(c4ccccc4)c4ccccc4)=C(/C=C/OS(=O)(=O)C(F)(F)F)CSC23)c(Cl)s1. The number of nitrogens with one attached hydrogen (secondary N) is 2. The van der Waals surface area contributed by atoms with Crippen molar-refractivity contribution in [3.63, 3.8) is 0 Å². The van der Waals surface area contributed by atoms with Crippen molar-refractivity contribution >= 4 is 79.5 Å². The lowest BCUT2D eigenvalue weighted by Gasteiger charge is -2.49. The van der Waals surface area contributed by atoms with Crippen molar-refractivity contribution < 1.29 is 59.3 Å². The van der Waals surface area contributed by atoms with Gasteiger partial charge in [0.25, 0.3) is 11.8 Å². The zero-order chi connectivity index (χ0) is 52.8. The van der Waals surface area contributed by atoms with E-state index in [0.717, 1.165) is 34.1 Å². The van der Waals surface area contributed by atoms with Gasteiger partial charge >= 0.3 is 27.7 Å². The Labute approximate surface area is 436 Å². The quantitative estimate of drug-likeness (QED) is 0.0136. The summed E-state index contributed by atoms with van der Waals surface area (Å²) < 4.78 is 78.9. The number of benzene rings is 5. The normalized spacial score (nSPS) is 16.3. The molecule has 1 fully saturated rings. The molecule has 5 aromatic carbocycles. The van der Waals surface area contributed by atoms with Crippen molar-refractivity contribution in [3.05, 3.63) is 213 Å². The predicted molar refractivity (Wildman–Crippen MR) is 272 cm³/mol. The Bertz CT molecular complexity index is 3100. The van der Waals surface area contributed by atoms with Crippen LogP contribution in [0.25, 0.3) is 0 Å². The molecule has 382 valence electrons. The molecule has 0 radical (unpaired) electrons. The van der Waals surface area contributed by atoms with Gasteiger partial charge in [-0.1, -0.05) is 180 Å². The molecule has 0 saturated carbocycles. The van der Waals surface area contributed by atoms with Gasteiger partial charge in [-0.05, 0) is 43.5 Å². The van der Waals surface area contributed by atoms with E-state index < -0.39 is 79.6 Å². The van der Waals surface area contributed by atoms with Crippen molar-refractivity contribution in [3.8, 4) is 0 Å². The van der Waals surface area contributed by atoms with Crippen LogP contribution in [0, 0.1) is 0 Å². The number of esters is 1. The molecule has 2 aliphatic heterocycles. The fourth-order valence-corrected chi connectivity index (χ4v) is 10.5. The van der Waals surface area contributed by atoms with Crippen molar-refractivity contribution in [2.75, 3.05) is 11.1 Å². The van der Waals surface area contributed by atoms with E-state index in [-0.39, 0.29) is 32.7 Å². The lowest BCUT2D eigenvalue weighted by Crippen LogP contribution is -2.71. The summed E-state index contributed by atoms with van der Waals surface area (Å²) in [6, 6.07) is 43.0. The van der Waals surface area contributed by atoms with E-state index in [1.807, 2.05) is 54.6 Å². The number of rotatable bonds is 16. The van der Waals surface area contributed by atoms with E-state index in [1.54, 1.807) is 118 Å². The Morgan fingerprint density at radius 3 is 1.80 bits per heavy atom. The minimum absolute atomic E-state index is 0.0841. The number of oxime groups is 1. The van der Waals surface area contributed by atoms with Gasteiger partial charge in [-0.3, -0.25) is 19.8 Å². The number of thioether (sulfide) groups is 1. The summed E-state index contributed by atoms with van der Waals surface area (Å²) in [7, 11) is -6.10. The van der Waals surface area contributed by atoms with Crippen molar-refractivity contribution in [1.29, 1.82) is 0 Å². The molecular weight excluding hydrogens is 1040 g/mol. The summed E-state index contributed by atoms with van der Waals surface area (Å²) in [6.07, 6.45) is -0.872. The number of anilines is 1. The van der Waals surface area contributed by atoms with Crippen LogP contribution in [-0.2, 0) is 48.6 Å². The number of allylic oxidation sites excluding steroid dienone is 1. The average molecular weight is 1090 g/mol. The fourth-order valence-electron chi connectivity index (χ4n) is 7.83. The lowest BCUT2D eigenvalue weighted by molar-refractivity contribution is -0.154. The first-order valence-electron chi connectivity index (χ1n) is 22.3. The highest BCUT2D eigenvalue weighted by atomic mass is 35.5. The van der Waals surface area contributed by atoms with Crippen LogP contribution in [0.4, 0.5) is 23.1 Å². The molecule has 3 amide bonds. The number of ether oxygens (including phenoxy) is 2. The average Bonchev–Trinajstić information content (AvgIpc) is 3.74. The molecular formula is C52H43ClF3N5O10S3. The third-order valence-corrected chi connectivity index (χ3v) is 14.5. The van der Waals surface area contributed by atoms with Crippen LogP contribution in [0.5, 0.6) is 0 Å². The number of hydrogen-bond donors (Lipinski definition) is 2. The van der Waals surface area contributed by atoms with E-state index >= 15 is 0 Å². The minimum Gasteiger partial charge on any atom is -0.448 e.